The number of rotatable bonds is 2. The number of aromatic nitrogens is 1. The Balaban J connectivity index is 2.44. The van der Waals surface area contributed by atoms with E-state index in [1.807, 2.05) is 24.3 Å². The van der Waals surface area contributed by atoms with Gasteiger partial charge in [0.05, 0.1) is 7.11 Å². The fourth-order valence-electron chi connectivity index (χ4n) is 1.16. The van der Waals surface area contributed by atoms with Crippen LogP contribution in [0.15, 0.2) is 32.7 Å². The Hall–Kier alpha value is -0.390. The Morgan fingerprint density at radius 1 is 1.33 bits per heavy atom. The molecule has 2 rings (SSSR count). The van der Waals surface area contributed by atoms with Gasteiger partial charge >= 0.3 is 0 Å². The third-order valence-electron chi connectivity index (χ3n) is 1.86. The fourth-order valence-corrected chi connectivity index (χ4v) is 2.93. The van der Waals surface area contributed by atoms with E-state index in [0.717, 1.165) is 24.7 Å². The Labute approximate surface area is 109 Å². The third kappa shape index (κ3) is 2.41. The molecule has 0 aliphatic carbocycles. The van der Waals surface area contributed by atoms with E-state index >= 15 is 0 Å². The van der Waals surface area contributed by atoms with E-state index in [0.29, 0.717) is 0 Å². The monoisotopic (exact) mass is 347 g/mol. The van der Waals surface area contributed by atoms with Crippen molar-refractivity contribution in [3.63, 3.8) is 0 Å². The molecule has 0 atom stereocenters. The summed E-state index contributed by atoms with van der Waals surface area (Å²) in [6, 6.07) is 7.86. The Morgan fingerprint density at radius 3 is 2.73 bits per heavy atom. The molecule has 0 aliphatic rings. The molecule has 0 amide bonds. The lowest BCUT2D eigenvalue weighted by Gasteiger charge is -2.00. The highest BCUT2D eigenvalue weighted by atomic mass is 79.9. The second-order valence-electron chi connectivity index (χ2n) is 2.82. The molecular formula is C10H7Br2NOS. The molecule has 5 heteroatoms. The summed E-state index contributed by atoms with van der Waals surface area (Å²) in [5.41, 5.74) is 1.06. The number of nitrogens with zero attached hydrogens (tertiary/aromatic N) is 1. The predicted molar refractivity (Wildman–Crippen MR) is 69.5 cm³/mol. The minimum absolute atomic E-state index is 0.838. The maximum atomic E-state index is 5.17. The van der Waals surface area contributed by atoms with Crippen molar-refractivity contribution in [3.05, 3.63) is 32.7 Å². The van der Waals surface area contributed by atoms with E-state index < -0.39 is 0 Å². The molecule has 15 heavy (non-hydrogen) atoms. The summed E-state index contributed by atoms with van der Waals surface area (Å²) >= 11 is 8.39. The number of hydrogen-bond acceptors (Lipinski definition) is 3. The van der Waals surface area contributed by atoms with Gasteiger partial charge in [-0.05, 0) is 44.0 Å². The molecule has 78 valence electrons. The molecular weight excluding hydrogens is 342 g/mol. The summed E-state index contributed by atoms with van der Waals surface area (Å²) in [7, 11) is 1.66. The van der Waals surface area contributed by atoms with Crippen molar-refractivity contribution < 1.29 is 4.74 Å². The van der Waals surface area contributed by atoms with Crippen LogP contribution in [-0.2, 0) is 0 Å². The molecule has 0 fully saturated rings. The molecule has 0 unspecified atom stereocenters. The fraction of sp³-hybridized carbons (Fsp3) is 0.100. The highest BCUT2D eigenvalue weighted by Crippen LogP contribution is 2.35. The van der Waals surface area contributed by atoms with Gasteiger partial charge in [-0.15, -0.1) is 11.3 Å². The molecule has 1 heterocycles. The number of ether oxygens (including phenoxy) is 1. The summed E-state index contributed by atoms with van der Waals surface area (Å²) in [6.45, 7) is 0. The Kier molecular flexibility index (Phi) is 3.43. The average molecular weight is 349 g/mol. The van der Waals surface area contributed by atoms with Crippen LogP contribution < -0.4 is 4.74 Å². The molecule has 0 N–H and O–H groups in total. The summed E-state index contributed by atoms with van der Waals surface area (Å²) in [6.07, 6.45) is 0. The molecule has 2 aromatic rings. The lowest BCUT2D eigenvalue weighted by atomic mass is 10.2. The molecule has 0 radical (unpaired) electrons. The van der Waals surface area contributed by atoms with Crippen molar-refractivity contribution in [2.45, 2.75) is 0 Å². The number of methoxy groups -OCH3 is 1. The predicted octanol–water partition coefficient (Wildman–Crippen LogP) is 4.34. The smallest absolute Gasteiger partial charge is 0.132 e. The number of hydrogen-bond donors (Lipinski definition) is 0. The van der Waals surface area contributed by atoms with Crippen LogP contribution >= 0.6 is 43.2 Å². The van der Waals surface area contributed by atoms with E-state index in [2.05, 4.69) is 36.8 Å². The highest BCUT2D eigenvalue weighted by Gasteiger charge is 2.08. The zero-order valence-corrected chi connectivity index (χ0v) is 11.8. The van der Waals surface area contributed by atoms with Crippen LogP contribution in [0.25, 0.3) is 10.6 Å². The van der Waals surface area contributed by atoms with Gasteiger partial charge in [-0.2, -0.15) is 0 Å². The maximum absolute atomic E-state index is 5.17. The van der Waals surface area contributed by atoms with Crippen molar-refractivity contribution in [2.75, 3.05) is 7.11 Å². The average Bonchev–Trinajstić information content (AvgIpc) is 2.59. The number of halogens is 2. The van der Waals surface area contributed by atoms with Gasteiger partial charge in [-0.1, -0.05) is 12.1 Å². The zero-order chi connectivity index (χ0) is 10.8. The molecule has 0 spiro atoms. The van der Waals surface area contributed by atoms with E-state index in [-0.39, 0.29) is 0 Å². The van der Waals surface area contributed by atoms with Crippen LogP contribution in [0.4, 0.5) is 0 Å². The first-order chi connectivity index (χ1) is 7.20. The summed E-state index contributed by atoms with van der Waals surface area (Å²) in [4.78, 5) is 4.39. The third-order valence-corrected chi connectivity index (χ3v) is 4.99. The molecule has 2 nitrogen and oxygen atoms in total. The second-order valence-corrected chi connectivity index (χ2v) is 5.88. The van der Waals surface area contributed by atoms with Gasteiger partial charge in [-0.25, -0.2) is 4.98 Å². The molecule has 0 saturated carbocycles. The highest BCUT2D eigenvalue weighted by molar-refractivity contribution is 9.13. The van der Waals surface area contributed by atoms with Crippen molar-refractivity contribution >= 4 is 43.2 Å². The van der Waals surface area contributed by atoms with E-state index in [1.54, 1.807) is 18.4 Å². The van der Waals surface area contributed by atoms with Crippen LogP contribution in [0.2, 0.25) is 0 Å². The van der Waals surface area contributed by atoms with Crippen molar-refractivity contribution in [1.82, 2.24) is 4.98 Å². The van der Waals surface area contributed by atoms with Gasteiger partial charge in [-0.3, -0.25) is 0 Å². The van der Waals surface area contributed by atoms with Crippen LogP contribution in [0.3, 0.4) is 0 Å². The van der Waals surface area contributed by atoms with Crippen molar-refractivity contribution in [3.8, 4) is 16.3 Å². The standard InChI is InChI=1S/C10H7Br2NOS/c1-14-7-4-2-3-6(5-7)10-13-8(11)9(12)15-10/h2-5H,1H3. The summed E-state index contributed by atoms with van der Waals surface area (Å²) in [5, 5.41) is 0.965. The number of benzene rings is 1. The van der Waals surface area contributed by atoms with E-state index in [9.17, 15) is 0 Å². The van der Waals surface area contributed by atoms with Crippen LogP contribution in [0.1, 0.15) is 0 Å². The van der Waals surface area contributed by atoms with Gasteiger partial charge in [0.15, 0.2) is 0 Å². The zero-order valence-electron chi connectivity index (χ0n) is 7.83. The van der Waals surface area contributed by atoms with E-state index in [4.69, 9.17) is 4.74 Å². The molecule has 1 aromatic heterocycles. The molecule has 0 saturated heterocycles. The SMILES string of the molecule is COc1cccc(-c2nc(Br)c(Br)s2)c1. The van der Waals surface area contributed by atoms with E-state index in [1.165, 1.54) is 0 Å². The van der Waals surface area contributed by atoms with Gasteiger partial charge < -0.3 is 4.74 Å². The first-order valence-electron chi connectivity index (χ1n) is 4.17. The van der Waals surface area contributed by atoms with Gasteiger partial charge in [0.1, 0.15) is 19.1 Å². The normalized spacial score (nSPS) is 10.3. The van der Waals surface area contributed by atoms with Gasteiger partial charge in [0.25, 0.3) is 0 Å². The molecule has 0 bridgehead atoms. The van der Waals surface area contributed by atoms with Crippen LogP contribution in [0.5, 0.6) is 5.75 Å². The quantitative estimate of drug-likeness (QED) is 0.805. The first-order valence-corrected chi connectivity index (χ1v) is 6.57. The topological polar surface area (TPSA) is 22.1 Å². The van der Waals surface area contributed by atoms with Crippen molar-refractivity contribution in [1.29, 1.82) is 0 Å². The minimum atomic E-state index is 0.838. The van der Waals surface area contributed by atoms with Crippen LogP contribution in [0, 0.1) is 0 Å². The lowest BCUT2D eigenvalue weighted by molar-refractivity contribution is 0.415. The minimum Gasteiger partial charge on any atom is -0.497 e. The Bertz CT molecular complexity index is 465. The van der Waals surface area contributed by atoms with Gasteiger partial charge in [0, 0.05) is 5.56 Å². The lowest BCUT2D eigenvalue weighted by Crippen LogP contribution is -1.82. The van der Waals surface area contributed by atoms with Crippen LogP contribution in [-0.4, -0.2) is 12.1 Å². The summed E-state index contributed by atoms with van der Waals surface area (Å²) < 4.78 is 7.01. The van der Waals surface area contributed by atoms with Gasteiger partial charge in [0.2, 0.25) is 0 Å². The number of thiazole rings is 1. The molecule has 1 aromatic carbocycles. The molecule has 0 aliphatic heterocycles. The second kappa shape index (κ2) is 4.63. The maximum Gasteiger partial charge on any atom is 0.132 e. The largest absolute Gasteiger partial charge is 0.497 e. The first kappa shape index (κ1) is 11.1. The summed E-state index contributed by atoms with van der Waals surface area (Å²) in [5.74, 6) is 0.843. The van der Waals surface area contributed by atoms with Crippen molar-refractivity contribution in [2.24, 2.45) is 0 Å². The Morgan fingerprint density at radius 2 is 2.13 bits per heavy atom.